The van der Waals surface area contributed by atoms with Gasteiger partial charge >= 0.3 is 0 Å². The summed E-state index contributed by atoms with van der Waals surface area (Å²) in [6.45, 7) is 10.5. The van der Waals surface area contributed by atoms with Gasteiger partial charge in [0.05, 0.1) is 6.10 Å². The van der Waals surface area contributed by atoms with E-state index in [4.69, 9.17) is 4.74 Å². The average molecular weight is 309 g/mol. The van der Waals surface area contributed by atoms with Crippen molar-refractivity contribution in [3.05, 3.63) is 0 Å². The minimum absolute atomic E-state index is 0.580. The molecule has 0 atom stereocenters. The third kappa shape index (κ3) is 6.60. The van der Waals surface area contributed by atoms with Crippen LogP contribution in [-0.2, 0) is 4.74 Å². The summed E-state index contributed by atoms with van der Waals surface area (Å²) in [7, 11) is 0. The molecular weight excluding hydrogens is 268 g/mol. The largest absolute Gasteiger partial charge is 0.378 e. The first kappa shape index (κ1) is 18.3. The van der Waals surface area contributed by atoms with Gasteiger partial charge in [-0.05, 0) is 81.0 Å². The van der Waals surface area contributed by atoms with E-state index in [1.54, 1.807) is 0 Å². The normalized spacial score (nSPS) is 33.5. The fourth-order valence-corrected chi connectivity index (χ4v) is 4.77. The third-order valence-electron chi connectivity index (χ3n) is 5.94. The van der Waals surface area contributed by atoms with E-state index in [0.29, 0.717) is 6.10 Å². The van der Waals surface area contributed by atoms with Crippen molar-refractivity contribution in [2.75, 3.05) is 6.61 Å². The molecular formula is C21H40O. The predicted molar refractivity (Wildman–Crippen MR) is 96.1 cm³/mol. The van der Waals surface area contributed by atoms with Crippen LogP contribution in [0.15, 0.2) is 0 Å². The average Bonchev–Trinajstić information content (AvgIpc) is 2.47. The topological polar surface area (TPSA) is 9.23 Å². The van der Waals surface area contributed by atoms with Crippen molar-refractivity contribution >= 4 is 0 Å². The lowest BCUT2D eigenvalue weighted by molar-refractivity contribution is -0.0113. The first-order valence-corrected chi connectivity index (χ1v) is 10.1. The molecule has 0 bridgehead atoms. The van der Waals surface area contributed by atoms with Gasteiger partial charge in [-0.3, -0.25) is 0 Å². The van der Waals surface area contributed by atoms with Crippen molar-refractivity contribution in [2.45, 2.75) is 98.0 Å². The summed E-state index contributed by atoms with van der Waals surface area (Å²) >= 11 is 0. The zero-order chi connectivity index (χ0) is 15.9. The fourth-order valence-electron chi connectivity index (χ4n) is 4.77. The van der Waals surface area contributed by atoms with Crippen molar-refractivity contribution < 1.29 is 4.74 Å². The maximum absolute atomic E-state index is 6.29. The lowest BCUT2D eigenvalue weighted by Crippen LogP contribution is -2.26. The standard InChI is InChI=1S/C21H40O/c1-16(2)13-18-5-7-20(8-6-18)15-22-21-11-9-19(10-12-21)14-17(3)4/h16-21H,5-15H2,1-4H3. The number of hydrogen-bond acceptors (Lipinski definition) is 1. The quantitative estimate of drug-likeness (QED) is 0.524. The van der Waals surface area contributed by atoms with Crippen LogP contribution in [0.25, 0.3) is 0 Å². The van der Waals surface area contributed by atoms with Crippen molar-refractivity contribution in [1.29, 1.82) is 0 Å². The van der Waals surface area contributed by atoms with Crippen LogP contribution in [0.5, 0.6) is 0 Å². The molecule has 0 saturated heterocycles. The smallest absolute Gasteiger partial charge is 0.0575 e. The van der Waals surface area contributed by atoms with E-state index < -0.39 is 0 Å². The van der Waals surface area contributed by atoms with E-state index in [1.807, 2.05) is 0 Å². The van der Waals surface area contributed by atoms with E-state index in [0.717, 1.165) is 36.2 Å². The molecule has 0 N–H and O–H groups in total. The summed E-state index contributed by atoms with van der Waals surface area (Å²) in [6.07, 6.45) is 14.6. The Morgan fingerprint density at radius 2 is 1.05 bits per heavy atom. The Kier molecular flexibility index (Phi) is 7.74. The molecule has 0 heterocycles. The summed E-state index contributed by atoms with van der Waals surface area (Å²) < 4.78 is 6.29. The van der Waals surface area contributed by atoms with Gasteiger partial charge < -0.3 is 4.74 Å². The van der Waals surface area contributed by atoms with Gasteiger partial charge in [0.15, 0.2) is 0 Å². The van der Waals surface area contributed by atoms with Crippen LogP contribution in [0, 0.1) is 29.6 Å². The Morgan fingerprint density at radius 1 is 0.636 bits per heavy atom. The molecule has 2 fully saturated rings. The van der Waals surface area contributed by atoms with Crippen LogP contribution < -0.4 is 0 Å². The molecule has 0 amide bonds. The molecule has 2 aliphatic rings. The first-order valence-electron chi connectivity index (χ1n) is 10.1. The molecule has 0 radical (unpaired) electrons. The molecule has 0 spiro atoms. The number of hydrogen-bond donors (Lipinski definition) is 0. The van der Waals surface area contributed by atoms with Crippen LogP contribution in [0.1, 0.15) is 91.9 Å². The maximum atomic E-state index is 6.29. The van der Waals surface area contributed by atoms with Crippen molar-refractivity contribution in [3.8, 4) is 0 Å². The molecule has 22 heavy (non-hydrogen) atoms. The van der Waals surface area contributed by atoms with Gasteiger partial charge in [0.25, 0.3) is 0 Å². The third-order valence-corrected chi connectivity index (χ3v) is 5.94. The molecule has 1 heteroatoms. The molecule has 0 aliphatic heterocycles. The van der Waals surface area contributed by atoms with E-state index in [1.165, 1.54) is 64.2 Å². The number of rotatable bonds is 7. The SMILES string of the molecule is CC(C)CC1CCC(COC2CCC(CC(C)C)CC2)CC1. The highest BCUT2D eigenvalue weighted by molar-refractivity contribution is 4.76. The van der Waals surface area contributed by atoms with Gasteiger partial charge in [-0.2, -0.15) is 0 Å². The maximum Gasteiger partial charge on any atom is 0.0575 e. The predicted octanol–water partition coefficient (Wildman–Crippen LogP) is 6.46. The summed E-state index contributed by atoms with van der Waals surface area (Å²) in [5.74, 6) is 4.58. The number of ether oxygens (including phenoxy) is 1. The second kappa shape index (κ2) is 9.30. The lowest BCUT2D eigenvalue weighted by Gasteiger charge is -2.33. The molecule has 2 saturated carbocycles. The Morgan fingerprint density at radius 3 is 1.50 bits per heavy atom. The molecule has 0 aromatic carbocycles. The minimum Gasteiger partial charge on any atom is -0.378 e. The van der Waals surface area contributed by atoms with Crippen molar-refractivity contribution in [2.24, 2.45) is 29.6 Å². The second-order valence-corrected chi connectivity index (χ2v) is 9.12. The molecule has 1 nitrogen and oxygen atoms in total. The van der Waals surface area contributed by atoms with E-state index in [2.05, 4.69) is 27.7 Å². The molecule has 0 unspecified atom stereocenters. The summed E-state index contributed by atoms with van der Waals surface area (Å²) in [5, 5.41) is 0. The van der Waals surface area contributed by atoms with Gasteiger partial charge in [0.2, 0.25) is 0 Å². The van der Waals surface area contributed by atoms with Gasteiger partial charge in [-0.1, -0.05) is 40.5 Å². The highest BCUT2D eigenvalue weighted by Crippen LogP contribution is 2.34. The monoisotopic (exact) mass is 308 g/mol. The molecule has 130 valence electrons. The molecule has 2 aliphatic carbocycles. The first-order chi connectivity index (χ1) is 10.5. The molecule has 0 aromatic rings. The Labute approximate surface area is 139 Å². The Hall–Kier alpha value is -0.0400. The van der Waals surface area contributed by atoms with E-state index in [-0.39, 0.29) is 0 Å². The van der Waals surface area contributed by atoms with E-state index in [9.17, 15) is 0 Å². The summed E-state index contributed by atoms with van der Waals surface area (Å²) in [4.78, 5) is 0. The van der Waals surface area contributed by atoms with Gasteiger partial charge in [0, 0.05) is 6.61 Å². The van der Waals surface area contributed by atoms with Gasteiger partial charge in [-0.25, -0.2) is 0 Å². The van der Waals surface area contributed by atoms with Crippen molar-refractivity contribution in [3.63, 3.8) is 0 Å². The van der Waals surface area contributed by atoms with Crippen LogP contribution >= 0.6 is 0 Å². The van der Waals surface area contributed by atoms with Crippen LogP contribution in [0.3, 0.4) is 0 Å². The van der Waals surface area contributed by atoms with Crippen LogP contribution in [-0.4, -0.2) is 12.7 Å². The summed E-state index contributed by atoms with van der Waals surface area (Å²) in [6, 6.07) is 0. The Balaban J connectivity index is 1.56. The van der Waals surface area contributed by atoms with Crippen molar-refractivity contribution in [1.82, 2.24) is 0 Å². The highest BCUT2D eigenvalue weighted by Gasteiger charge is 2.25. The summed E-state index contributed by atoms with van der Waals surface area (Å²) in [5.41, 5.74) is 0. The van der Waals surface area contributed by atoms with E-state index >= 15 is 0 Å². The molecule has 0 aromatic heterocycles. The molecule has 2 rings (SSSR count). The Bertz CT molecular complexity index is 250. The zero-order valence-electron chi connectivity index (χ0n) is 15.7. The van der Waals surface area contributed by atoms with Crippen LogP contribution in [0.4, 0.5) is 0 Å². The highest BCUT2D eigenvalue weighted by atomic mass is 16.5. The second-order valence-electron chi connectivity index (χ2n) is 9.12. The lowest BCUT2D eigenvalue weighted by atomic mass is 9.78. The zero-order valence-corrected chi connectivity index (χ0v) is 15.7. The van der Waals surface area contributed by atoms with Crippen LogP contribution in [0.2, 0.25) is 0 Å². The van der Waals surface area contributed by atoms with Gasteiger partial charge in [0.1, 0.15) is 0 Å². The fraction of sp³-hybridized carbons (Fsp3) is 1.00. The minimum atomic E-state index is 0.580. The van der Waals surface area contributed by atoms with Gasteiger partial charge in [-0.15, -0.1) is 0 Å².